The van der Waals surface area contributed by atoms with Crippen LogP contribution in [0.5, 0.6) is 0 Å². The van der Waals surface area contributed by atoms with Gasteiger partial charge in [-0.25, -0.2) is 4.39 Å². The molecule has 18 heavy (non-hydrogen) atoms. The smallest absolute Gasteiger partial charge is 0.262 e. The largest absolute Gasteiger partial charge is 0.346 e. The van der Waals surface area contributed by atoms with E-state index in [-0.39, 0.29) is 11.1 Å². The predicted octanol–water partition coefficient (Wildman–Crippen LogP) is 0.119. The van der Waals surface area contributed by atoms with Gasteiger partial charge in [0.05, 0.1) is 17.2 Å². The number of benzene rings is 1. The van der Waals surface area contributed by atoms with Crippen molar-refractivity contribution in [3.8, 4) is 0 Å². The van der Waals surface area contributed by atoms with Crippen molar-refractivity contribution in [2.75, 3.05) is 6.67 Å². The van der Waals surface area contributed by atoms with Gasteiger partial charge in [-0.15, -0.1) is 0 Å². The summed E-state index contributed by atoms with van der Waals surface area (Å²) in [6.45, 7) is -0.802. The molecule has 0 bridgehead atoms. The van der Waals surface area contributed by atoms with Crippen molar-refractivity contribution in [3.63, 3.8) is 0 Å². The number of alkyl halides is 1. The van der Waals surface area contributed by atoms with Gasteiger partial charge in [-0.2, -0.15) is 0 Å². The number of hydrogen-bond donors (Lipinski definition) is 1. The number of halogens is 1. The number of amides is 3. The molecule has 6 heteroatoms. The molecule has 0 aliphatic carbocycles. The maximum atomic E-state index is 12.6. The molecule has 2 atom stereocenters. The fraction of sp³-hybridized carbons (Fsp3) is 0.250. The molecular formula is C12H9FN2O3. The molecule has 1 saturated heterocycles. The summed E-state index contributed by atoms with van der Waals surface area (Å²) in [6.07, 6.45) is 0. The van der Waals surface area contributed by atoms with Gasteiger partial charge in [-0.05, 0) is 12.1 Å². The second kappa shape index (κ2) is 3.63. The van der Waals surface area contributed by atoms with Gasteiger partial charge in [-0.1, -0.05) is 12.1 Å². The number of carbonyl (C=O) groups is 3. The zero-order valence-electron chi connectivity index (χ0n) is 9.22. The Morgan fingerprint density at radius 2 is 1.67 bits per heavy atom. The molecule has 2 unspecified atom stereocenters. The molecule has 1 fully saturated rings. The Bertz CT molecular complexity index is 537. The number of β-lactam (4-membered cyclic amide) rings is 1. The number of nitrogens with one attached hydrogen (secondary N) is 1. The van der Waals surface area contributed by atoms with Crippen LogP contribution in [-0.4, -0.2) is 41.4 Å². The van der Waals surface area contributed by atoms with E-state index < -0.39 is 36.5 Å². The summed E-state index contributed by atoms with van der Waals surface area (Å²) in [6, 6.07) is 4.51. The van der Waals surface area contributed by atoms with E-state index >= 15 is 0 Å². The van der Waals surface area contributed by atoms with Gasteiger partial charge in [0, 0.05) is 0 Å². The highest BCUT2D eigenvalue weighted by Crippen LogP contribution is 2.28. The van der Waals surface area contributed by atoms with Gasteiger partial charge >= 0.3 is 0 Å². The van der Waals surface area contributed by atoms with Crippen LogP contribution in [0.4, 0.5) is 4.39 Å². The van der Waals surface area contributed by atoms with Crippen LogP contribution in [-0.2, 0) is 4.79 Å². The first kappa shape index (κ1) is 10.9. The highest BCUT2D eigenvalue weighted by molar-refractivity contribution is 6.23. The molecule has 3 rings (SSSR count). The van der Waals surface area contributed by atoms with Crippen LogP contribution < -0.4 is 5.32 Å². The van der Waals surface area contributed by atoms with Crippen LogP contribution in [0.2, 0.25) is 0 Å². The highest BCUT2D eigenvalue weighted by Gasteiger charge is 2.51. The zero-order valence-corrected chi connectivity index (χ0v) is 9.22. The van der Waals surface area contributed by atoms with E-state index in [1.807, 2.05) is 0 Å². The van der Waals surface area contributed by atoms with Gasteiger partial charge in [0.15, 0.2) is 0 Å². The van der Waals surface area contributed by atoms with Crippen LogP contribution in [0.15, 0.2) is 24.3 Å². The van der Waals surface area contributed by atoms with E-state index in [2.05, 4.69) is 5.32 Å². The Hall–Kier alpha value is -2.24. The number of fused-ring (bicyclic) bond motifs is 1. The summed E-state index contributed by atoms with van der Waals surface area (Å²) in [5.74, 6) is -1.56. The molecule has 0 radical (unpaired) electrons. The van der Waals surface area contributed by atoms with Crippen molar-refractivity contribution in [2.45, 2.75) is 12.1 Å². The number of nitrogens with zero attached hydrogens (tertiary/aromatic N) is 1. The topological polar surface area (TPSA) is 66.5 Å². The quantitative estimate of drug-likeness (QED) is 0.597. The molecule has 2 heterocycles. The fourth-order valence-corrected chi connectivity index (χ4v) is 2.31. The number of rotatable bonds is 2. The summed E-state index contributed by atoms with van der Waals surface area (Å²) in [5.41, 5.74) is 0.527. The average molecular weight is 248 g/mol. The van der Waals surface area contributed by atoms with E-state index in [0.717, 1.165) is 4.90 Å². The molecule has 1 N–H and O–H groups in total. The number of hydrogen-bond acceptors (Lipinski definition) is 3. The monoisotopic (exact) mass is 248 g/mol. The van der Waals surface area contributed by atoms with Crippen molar-refractivity contribution in [2.24, 2.45) is 0 Å². The minimum absolute atomic E-state index is 0.264. The first-order valence-electron chi connectivity index (χ1n) is 5.48. The van der Waals surface area contributed by atoms with E-state index in [9.17, 15) is 18.8 Å². The first-order valence-corrected chi connectivity index (χ1v) is 5.48. The lowest BCUT2D eigenvalue weighted by atomic mass is 9.98. The predicted molar refractivity (Wildman–Crippen MR) is 58.6 cm³/mol. The standard InChI is InChI=1S/C12H9FN2O3/c13-5-8-9(10(16)14-8)15-11(17)6-3-1-2-4-7(6)12(15)18/h1-4,8-9H,5H2,(H,14,16). The molecule has 0 saturated carbocycles. The number of carbonyl (C=O) groups excluding carboxylic acids is 3. The van der Waals surface area contributed by atoms with Crippen LogP contribution in [0, 0.1) is 0 Å². The van der Waals surface area contributed by atoms with Gasteiger partial charge in [0.1, 0.15) is 12.7 Å². The Kier molecular flexibility index (Phi) is 2.19. The van der Waals surface area contributed by atoms with Gasteiger partial charge in [0.2, 0.25) is 5.91 Å². The van der Waals surface area contributed by atoms with Crippen molar-refractivity contribution < 1.29 is 18.8 Å². The molecule has 92 valence electrons. The van der Waals surface area contributed by atoms with Gasteiger partial charge in [-0.3, -0.25) is 19.3 Å². The Balaban J connectivity index is 2.00. The molecule has 1 aromatic carbocycles. The summed E-state index contributed by atoms with van der Waals surface area (Å²) >= 11 is 0. The van der Waals surface area contributed by atoms with Crippen molar-refractivity contribution in [1.82, 2.24) is 10.2 Å². The Morgan fingerprint density at radius 1 is 1.11 bits per heavy atom. The van der Waals surface area contributed by atoms with E-state index in [0.29, 0.717) is 0 Å². The maximum Gasteiger partial charge on any atom is 0.262 e. The third-order valence-corrected chi connectivity index (χ3v) is 3.25. The summed E-state index contributed by atoms with van der Waals surface area (Å²) in [4.78, 5) is 36.4. The van der Waals surface area contributed by atoms with Crippen molar-refractivity contribution in [1.29, 1.82) is 0 Å². The third kappa shape index (κ3) is 1.23. The minimum Gasteiger partial charge on any atom is -0.346 e. The fourth-order valence-electron chi connectivity index (χ4n) is 2.31. The van der Waals surface area contributed by atoms with Crippen molar-refractivity contribution >= 4 is 17.7 Å². The molecule has 5 nitrogen and oxygen atoms in total. The molecular weight excluding hydrogens is 239 g/mol. The normalized spacial score (nSPS) is 25.8. The van der Waals surface area contributed by atoms with Gasteiger partial charge in [0.25, 0.3) is 11.8 Å². The highest BCUT2D eigenvalue weighted by atomic mass is 19.1. The molecule has 2 aliphatic rings. The Labute approximate surface area is 102 Å². The van der Waals surface area contributed by atoms with Crippen LogP contribution in [0.1, 0.15) is 20.7 Å². The summed E-state index contributed by atoms with van der Waals surface area (Å²) < 4.78 is 12.6. The van der Waals surface area contributed by atoms with Crippen molar-refractivity contribution in [3.05, 3.63) is 35.4 Å². The maximum absolute atomic E-state index is 12.6. The zero-order chi connectivity index (χ0) is 12.9. The van der Waals surface area contributed by atoms with E-state index in [1.54, 1.807) is 12.1 Å². The summed E-state index contributed by atoms with van der Waals surface area (Å²) in [5, 5.41) is 2.33. The second-order valence-electron chi connectivity index (χ2n) is 4.24. The minimum atomic E-state index is -1.03. The third-order valence-electron chi connectivity index (χ3n) is 3.25. The van der Waals surface area contributed by atoms with Crippen LogP contribution >= 0.6 is 0 Å². The SMILES string of the molecule is O=C1NC(CF)C1N1C(=O)c2ccccc2C1=O. The van der Waals surface area contributed by atoms with Gasteiger partial charge < -0.3 is 5.32 Å². The summed E-state index contributed by atoms with van der Waals surface area (Å²) in [7, 11) is 0. The lowest BCUT2D eigenvalue weighted by Crippen LogP contribution is -2.70. The molecule has 3 amide bonds. The van der Waals surface area contributed by atoms with E-state index in [4.69, 9.17) is 0 Å². The molecule has 0 spiro atoms. The molecule has 0 aromatic heterocycles. The Morgan fingerprint density at radius 3 is 2.11 bits per heavy atom. The average Bonchev–Trinajstić information content (AvgIpc) is 2.62. The first-order chi connectivity index (χ1) is 8.65. The lowest BCUT2D eigenvalue weighted by molar-refractivity contribution is -0.135. The lowest BCUT2D eigenvalue weighted by Gasteiger charge is -2.39. The van der Waals surface area contributed by atoms with Crippen LogP contribution in [0.3, 0.4) is 0 Å². The van der Waals surface area contributed by atoms with E-state index in [1.165, 1.54) is 12.1 Å². The number of imide groups is 1. The second-order valence-corrected chi connectivity index (χ2v) is 4.24. The molecule has 1 aromatic rings. The van der Waals surface area contributed by atoms with Crippen LogP contribution in [0.25, 0.3) is 0 Å². The molecule has 2 aliphatic heterocycles.